The van der Waals surface area contributed by atoms with Crippen LogP contribution in [0.4, 0.5) is 5.69 Å². The van der Waals surface area contributed by atoms with Gasteiger partial charge in [0.15, 0.2) is 0 Å². The van der Waals surface area contributed by atoms with Gasteiger partial charge in [-0.25, -0.2) is 9.97 Å². The molecule has 308 valence electrons. The molecule has 0 saturated carbocycles. The lowest BCUT2D eigenvalue weighted by Crippen LogP contribution is -2.18. The van der Waals surface area contributed by atoms with Gasteiger partial charge in [0.1, 0.15) is 6.54 Å². The summed E-state index contributed by atoms with van der Waals surface area (Å²) in [4.78, 5) is 32.2. The van der Waals surface area contributed by atoms with Gasteiger partial charge in [-0.3, -0.25) is 4.79 Å². The van der Waals surface area contributed by atoms with Crippen LogP contribution >= 0.6 is 0 Å². The van der Waals surface area contributed by atoms with E-state index in [0.717, 1.165) is 111 Å². The van der Waals surface area contributed by atoms with Crippen molar-refractivity contribution in [1.29, 1.82) is 0 Å². The van der Waals surface area contributed by atoms with Crippen LogP contribution in [-0.4, -0.2) is 30.4 Å². The summed E-state index contributed by atoms with van der Waals surface area (Å²) in [6.45, 7) is 0.187. The largest absolute Gasteiger partial charge is 0.354 e. The molecular weight excluding hydrogens is 797 g/mol. The molecule has 12 rings (SSSR count). The number of carbonyl (C=O) groups excluding carboxylic acids is 1. The van der Waals surface area contributed by atoms with E-state index in [-0.39, 0.29) is 12.5 Å². The number of para-hydroxylation sites is 2. The number of rotatable bonds is 7. The highest BCUT2D eigenvalue weighted by molar-refractivity contribution is 6.09. The fraction of sp³-hybridized carbons (Fsp3) is 0.0172. The normalized spacial score (nSPS) is 12.0. The Bertz CT molecular complexity index is 3620. The first-order valence-electron chi connectivity index (χ1n) is 21.8. The topological polar surface area (TPSA) is 91.4 Å². The van der Waals surface area contributed by atoms with Crippen molar-refractivity contribution in [3.63, 3.8) is 0 Å². The van der Waals surface area contributed by atoms with Crippen molar-refractivity contribution in [1.82, 2.24) is 24.5 Å². The van der Waals surface area contributed by atoms with Gasteiger partial charge in [-0.1, -0.05) is 140 Å². The van der Waals surface area contributed by atoms with Gasteiger partial charge in [-0.15, -0.1) is 0 Å². The number of carbonyl (C=O) groups is 1. The predicted molar refractivity (Wildman–Crippen MR) is 269 cm³/mol. The number of hydrogen-bond acceptors (Lipinski definition) is 3. The number of H-pyrrole nitrogens is 2. The quantitative estimate of drug-likeness (QED) is 0.149. The Morgan fingerprint density at radius 2 is 0.738 bits per heavy atom. The first-order chi connectivity index (χ1) is 32.1. The van der Waals surface area contributed by atoms with E-state index in [1.165, 1.54) is 0 Å². The van der Waals surface area contributed by atoms with Crippen LogP contribution in [0.15, 0.2) is 188 Å². The number of fused-ring (bicyclic) bond motifs is 11. The molecule has 7 heteroatoms. The van der Waals surface area contributed by atoms with Crippen molar-refractivity contribution in [3.05, 3.63) is 211 Å². The molecule has 10 aromatic rings. The van der Waals surface area contributed by atoms with E-state index in [0.29, 0.717) is 5.69 Å². The third-order valence-electron chi connectivity index (χ3n) is 12.4. The molecule has 65 heavy (non-hydrogen) atoms. The van der Waals surface area contributed by atoms with Crippen LogP contribution in [0.25, 0.3) is 113 Å². The van der Waals surface area contributed by atoms with Gasteiger partial charge in [-0.2, -0.15) is 0 Å². The molecule has 7 nitrogen and oxygen atoms in total. The number of amides is 1. The Morgan fingerprint density at radius 3 is 1.12 bits per heavy atom. The van der Waals surface area contributed by atoms with E-state index in [1.807, 2.05) is 54.6 Å². The Kier molecular flexibility index (Phi) is 9.23. The van der Waals surface area contributed by atoms with Gasteiger partial charge in [0.05, 0.1) is 22.8 Å². The lowest BCUT2D eigenvalue weighted by Gasteiger charge is -2.10. The van der Waals surface area contributed by atoms with Crippen LogP contribution in [0.2, 0.25) is 0 Å². The average molecular weight is 837 g/mol. The maximum Gasteiger partial charge on any atom is 0.244 e. The Hall–Kier alpha value is -8.81. The fourth-order valence-electron chi connectivity index (χ4n) is 9.47. The zero-order chi connectivity index (χ0) is 43.3. The first kappa shape index (κ1) is 37.9. The molecular formula is C58H40N6O. The van der Waals surface area contributed by atoms with Crippen molar-refractivity contribution >= 4 is 79.8 Å². The molecule has 0 fully saturated rings. The number of aromatic nitrogens is 5. The highest BCUT2D eigenvalue weighted by Gasteiger charge is 2.19. The number of nitrogens with zero attached hydrogens (tertiary/aromatic N) is 3. The van der Waals surface area contributed by atoms with Crippen LogP contribution in [0.1, 0.15) is 22.8 Å². The van der Waals surface area contributed by atoms with Crippen LogP contribution in [-0.2, 0) is 11.3 Å². The maximum absolute atomic E-state index is 13.7. The van der Waals surface area contributed by atoms with Crippen molar-refractivity contribution in [2.45, 2.75) is 6.54 Å². The highest BCUT2D eigenvalue weighted by Crippen LogP contribution is 2.39. The van der Waals surface area contributed by atoms with E-state index in [2.05, 4.69) is 178 Å². The van der Waals surface area contributed by atoms with E-state index in [9.17, 15) is 4.79 Å². The standard InChI is InChI=1S/C58H40N6O/c65-54(36-64-52-22-12-10-20-42(52)43-21-11-13-23-53(43)64)59-41-26-24-40(25-27-41)58-50-34-32-48(62-50)56(38-16-6-2-7-17-38)46-30-28-44(60-46)55(37-14-4-1-5-15-37)45-29-31-47(61-45)57(39-18-8-3-9-19-39)49-33-35-51(58)63-49/h1-35,60,63H,36H2,(H,59,65). The second-order valence-electron chi connectivity index (χ2n) is 16.3. The van der Waals surface area contributed by atoms with E-state index >= 15 is 0 Å². The molecule has 1 amide bonds. The molecule has 4 aromatic heterocycles. The molecule has 0 spiro atoms. The number of benzene rings is 6. The molecule has 0 atom stereocenters. The Balaban J connectivity index is 1.04. The summed E-state index contributed by atoms with van der Waals surface area (Å²) in [6, 6.07) is 64.4. The lowest BCUT2D eigenvalue weighted by atomic mass is 10.0. The van der Waals surface area contributed by atoms with Crippen molar-refractivity contribution in [3.8, 4) is 44.5 Å². The average Bonchev–Trinajstić information content (AvgIpc) is 4.23. The summed E-state index contributed by atoms with van der Waals surface area (Å²) in [5.74, 6) is -0.101. The zero-order valence-corrected chi connectivity index (χ0v) is 35.2. The molecule has 2 aliphatic heterocycles. The summed E-state index contributed by atoms with van der Waals surface area (Å²) >= 11 is 0. The third-order valence-corrected chi connectivity index (χ3v) is 12.4. The number of hydrogen-bond donors (Lipinski definition) is 3. The summed E-state index contributed by atoms with van der Waals surface area (Å²) in [5, 5.41) is 5.44. The second kappa shape index (κ2) is 15.8. The van der Waals surface area contributed by atoms with Gasteiger partial charge < -0.3 is 19.9 Å². The monoisotopic (exact) mass is 836 g/mol. The number of aromatic amines is 2. The minimum Gasteiger partial charge on any atom is -0.354 e. The SMILES string of the molecule is O=C(Cn1c2ccccc2c2ccccc21)Nc1ccc(-c2c3nc(c(-c4ccccc4)c4ccc([nH]4)c(-c4ccccc4)c4nc(c(-c5ccccc5)c5ccc2[nH]5)C=C4)C=C3)cc1. The number of anilines is 1. The molecule has 0 unspecified atom stereocenters. The number of nitrogens with one attached hydrogen (secondary N) is 3. The van der Waals surface area contributed by atoms with Gasteiger partial charge in [0, 0.05) is 71.8 Å². The van der Waals surface area contributed by atoms with E-state index in [1.54, 1.807) is 0 Å². The van der Waals surface area contributed by atoms with Crippen molar-refractivity contribution in [2.24, 2.45) is 0 Å². The molecule has 0 saturated heterocycles. The summed E-state index contributed by atoms with van der Waals surface area (Å²) in [5.41, 5.74) is 18.0. The fourth-order valence-corrected chi connectivity index (χ4v) is 9.47. The maximum atomic E-state index is 13.7. The second-order valence-corrected chi connectivity index (χ2v) is 16.3. The Morgan fingerprint density at radius 1 is 0.400 bits per heavy atom. The Labute approximate surface area is 374 Å². The minimum absolute atomic E-state index is 0.101. The van der Waals surface area contributed by atoms with Gasteiger partial charge in [0.2, 0.25) is 5.91 Å². The first-order valence-corrected chi connectivity index (χ1v) is 21.8. The smallest absolute Gasteiger partial charge is 0.244 e. The third kappa shape index (κ3) is 6.83. The zero-order valence-electron chi connectivity index (χ0n) is 35.2. The van der Waals surface area contributed by atoms with Gasteiger partial charge in [0.25, 0.3) is 0 Å². The van der Waals surface area contributed by atoms with Crippen LogP contribution in [0.5, 0.6) is 0 Å². The van der Waals surface area contributed by atoms with Crippen LogP contribution in [0, 0.1) is 0 Å². The van der Waals surface area contributed by atoms with Gasteiger partial charge >= 0.3 is 0 Å². The van der Waals surface area contributed by atoms with Gasteiger partial charge in [-0.05, 0) is 95.1 Å². The van der Waals surface area contributed by atoms with Crippen molar-refractivity contribution in [2.75, 3.05) is 5.32 Å². The summed E-state index contributed by atoms with van der Waals surface area (Å²) in [7, 11) is 0. The molecule has 6 heterocycles. The van der Waals surface area contributed by atoms with Crippen LogP contribution < -0.4 is 5.32 Å². The molecule has 6 aromatic carbocycles. The van der Waals surface area contributed by atoms with Crippen molar-refractivity contribution < 1.29 is 4.79 Å². The lowest BCUT2D eigenvalue weighted by molar-refractivity contribution is -0.116. The van der Waals surface area contributed by atoms with Crippen LogP contribution in [0.3, 0.4) is 0 Å². The summed E-state index contributed by atoms with van der Waals surface area (Å²) in [6.07, 6.45) is 8.45. The minimum atomic E-state index is -0.101. The molecule has 0 aliphatic carbocycles. The highest BCUT2D eigenvalue weighted by atomic mass is 16.1. The molecule has 0 radical (unpaired) electrons. The summed E-state index contributed by atoms with van der Waals surface area (Å²) < 4.78 is 2.09. The molecule has 3 N–H and O–H groups in total. The molecule has 2 aliphatic rings. The van der Waals surface area contributed by atoms with E-state index < -0.39 is 0 Å². The predicted octanol–water partition coefficient (Wildman–Crippen LogP) is 14.1. The van der Waals surface area contributed by atoms with E-state index in [4.69, 9.17) is 9.97 Å². The molecule has 8 bridgehead atoms.